The molecule has 5 heteroatoms. The molecule has 0 spiro atoms. The van der Waals surface area contributed by atoms with Gasteiger partial charge in [-0.15, -0.1) is 0 Å². The largest absolute Gasteiger partial charge is 0.469 e. The summed E-state index contributed by atoms with van der Waals surface area (Å²) in [6.07, 6.45) is 1.62. The highest BCUT2D eigenvalue weighted by atomic mass is 16.5. The zero-order valence-corrected chi connectivity index (χ0v) is 10.6. The van der Waals surface area contributed by atoms with Gasteiger partial charge < -0.3 is 14.3 Å². The highest BCUT2D eigenvalue weighted by Crippen LogP contribution is 2.21. The van der Waals surface area contributed by atoms with Crippen molar-refractivity contribution in [2.45, 2.75) is 39.8 Å². The summed E-state index contributed by atoms with van der Waals surface area (Å²) in [5.74, 6) is 1.94. The van der Waals surface area contributed by atoms with Crippen LogP contribution >= 0.6 is 0 Å². The summed E-state index contributed by atoms with van der Waals surface area (Å²) in [5.41, 5.74) is 0.899. The summed E-state index contributed by atoms with van der Waals surface area (Å²) >= 11 is 0. The van der Waals surface area contributed by atoms with E-state index in [1.165, 1.54) is 0 Å². The van der Waals surface area contributed by atoms with Crippen LogP contribution in [0.5, 0.6) is 0 Å². The molecule has 1 N–H and O–H groups in total. The van der Waals surface area contributed by atoms with Crippen molar-refractivity contribution >= 4 is 0 Å². The number of hydrogen-bond donors (Lipinski definition) is 1. The second-order valence-electron chi connectivity index (χ2n) is 5.01. The van der Waals surface area contributed by atoms with Gasteiger partial charge in [-0.05, 0) is 33.8 Å². The summed E-state index contributed by atoms with van der Waals surface area (Å²) in [4.78, 5) is 4.32. The van der Waals surface area contributed by atoms with Crippen molar-refractivity contribution in [1.82, 2.24) is 15.5 Å². The Kier molecular flexibility index (Phi) is 3.02. The molecule has 0 aliphatic carbocycles. The van der Waals surface area contributed by atoms with Gasteiger partial charge in [0.2, 0.25) is 11.7 Å². The van der Waals surface area contributed by atoms with Crippen molar-refractivity contribution in [3.8, 4) is 11.4 Å². The zero-order valence-electron chi connectivity index (χ0n) is 10.6. The molecule has 0 fully saturated rings. The van der Waals surface area contributed by atoms with Crippen molar-refractivity contribution in [2.75, 3.05) is 0 Å². The zero-order chi connectivity index (χ0) is 12.5. The predicted octanol–water partition coefficient (Wildman–Crippen LogP) is 2.53. The monoisotopic (exact) mass is 235 g/mol. The molecule has 0 radical (unpaired) electrons. The fraction of sp³-hybridized carbons (Fsp3) is 0.500. The van der Waals surface area contributed by atoms with Crippen LogP contribution in [-0.2, 0) is 6.54 Å². The van der Waals surface area contributed by atoms with E-state index in [0.717, 1.165) is 11.3 Å². The average Bonchev–Trinajstić information content (AvgIpc) is 2.81. The van der Waals surface area contributed by atoms with Crippen LogP contribution in [0, 0.1) is 6.92 Å². The first kappa shape index (κ1) is 11.9. The molecule has 2 aromatic heterocycles. The molecule has 17 heavy (non-hydrogen) atoms. The lowest BCUT2D eigenvalue weighted by Crippen LogP contribution is -2.35. The van der Waals surface area contributed by atoms with E-state index < -0.39 is 0 Å². The lowest BCUT2D eigenvalue weighted by atomic mass is 10.1. The molecule has 0 bridgehead atoms. The maximum absolute atomic E-state index is 5.21. The Balaban J connectivity index is 2.09. The van der Waals surface area contributed by atoms with Crippen LogP contribution in [0.2, 0.25) is 0 Å². The van der Waals surface area contributed by atoms with Gasteiger partial charge in [0.25, 0.3) is 0 Å². The Morgan fingerprint density at radius 3 is 2.71 bits per heavy atom. The van der Waals surface area contributed by atoms with Gasteiger partial charge in [-0.2, -0.15) is 4.98 Å². The number of nitrogens with zero attached hydrogens (tertiary/aromatic N) is 2. The fourth-order valence-corrected chi connectivity index (χ4v) is 1.39. The minimum atomic E-state index is 0.0280. The van der Waals surface area contributed by atoms with Crippen molar-refractivity contribution < 1.29 is 8.94 Å². The topological polar surface area (TPSA) is 64.1 Å². The second-order valence-corrected chi connectivity index (χ2v) is 5.01. The molecule has 0 saturated carbocycles. The van der Waals surface area contributed by atoms with Gasteiger partial charge in [-0.3, -0.25) is 0 Å². The first-order valence-electron chi connectivity index (χ1n) is 5.58. The smallest absolute Gasteiger partial charge is 0.240 e. The summed E-state index contributed by atoms with van der Waals surface area (Å²) in [6.45, 7) is 8.70. The molecule has 0 unspecified atom stereocenters. The van der Waals surface area contributed by atoms with Gasteiger partial charge in [0.1, 0.15) is 5.76 Å². The van der Waals surface area contributed by atoms with E-state index in [2.05, 4.69) is 36.2 Å². The van der Waals surface area contributed by atoms with E-state index in [0.29, 0.717) is 18.3 Å². The SMILES string of the molecule is Cc1occc1-c1noc(CNC(C)(C)C)n1. The number of nitrogens with one attached hydrogen (secondary N) is 1. The average molecular weight is 235 g/mol. The lowest BCUT2D eigenvalue weighted by molar-refractivity contribution is 0.336. The van der Waals surface area contributed by atoms with E-state index in [1.54, 1.807) is 6.26 Å². The minimum Gasteiger partial charge on any atom is -0.469 e. The number of furan rings is 1. The van der Waals surface area contributed by atoms with Crippen LogP contribution in [0.25, 0.3) is 11.4 Å². The highest BCUT2D eigenvalue weighted by Gasteiger charge is 2.15. The molecule has 0 amide bonds. The molecular weight excluding hydrogens is 218 g/mol. The molecule has 0 aliphatic heterocycles. The third-order valence-electron chi connectivity index (χ3n) is 2.34. The first-order chi connectivity index (χ1) is 7.96. The second kappa shape index (κ2) is 4.33. The number of aryl methyl sites for hydroxylation is 1. The van der Waals surface area contributed by atoms with Crippen LogP contribution in [-0.4, -0.2) is 15.7 Å². The molecule has 5 nitrogen and oxygen atoms in total. The third kappa shape index (κ3) is 2.94. The minimum absolute atomic E-state index is 0.0280. The molecular formula is C12H17N3O2. The van der Waals surface area contributed by atoms with E-state index in [9.17, 15) is 0 Å². The Morgan fingerprint density at radius 1 is 1.35 bits per heavy atom. The van der Waals surface area contributed by atoms with Gasteiger partial charge in [0.05, 0.1) is 18.4 Å². The molecule has 92 valence electrons. The van der Waals surface area contributed by atoms with E-state index >= 15 is 0 Å². The molecule has 2 aromatic rings. The van der Waals surface area contributed by atoms with Crippen molar-refractivity contribution in [3.05, 3.63) is 24.0 Å². The summed E-state index contributed by atoms with van der Waals surface area (Å²) < 4.78 is 10.4. The highest BCUT2D eigenvalue weighted by molar-refractivity contribution is 5.55. The standard InChI is InChI=1S/C12H17N3O2/c1-8-9(5-6-16-8)11-14-10(17-15-11)7-13-12(2,3)4/h5-6,13H,7H2,1-4H3. The third-order valence-corrected chi connectivity index (χ3v) is 2.34. The lowest BCUT2D eigenvalue weighted by Gasteiger charge is -2.18. The van der Waals surface area contributed by atoms with Gasteiger partial charge in [0.15, 0.2) is 0 Å². The molecule has 0 aliphatic rings. The Hall–Kier alpha value is -1.62. The normalized spacial score (nSPS) is 12.0. The van der Waals surface area contributed by atoms with Gasteiger partial charge in [0, 0.05) is 5.54 Å². The van der Waals surface area contributed by atoms with Crippen LogP contribution < -0.4 is 5.32 Å². The van der Waals surface area contributed by atoms with E-state index in [1.807, 2.05) is 13.0 Å². The molecule has 0 aromatic carbocycles. The van der Waals surface area contributed by atoms with Crippen LogP contribution in [0.3, 0.4) is 0 Å². The Labute approximate surface area is 100 Å². The molecule has 0 atom stereocenters. The Morgan fingerprint density at radius 2 is 2.12 bits per heavy atom. The molecule has 0 saturated heterocycles. The predicted molar refractivity (Wildman–Crippen MR) is 63.3 cm³/mol. The van der Waals surface area contributed by atoms with E-state index in [-0.39, 0.29) is 5.54 Å². The summed E-state index contributed by atoms with van der Waals surface area (Å²) in [5, 5.41) is 7.23. The van der Waals surface area contributed by atoms with Crippen molar-refractivity contribution in [1.29, 1.82) is 0 Å². The van der Waals surface area contributed by atoms with E-state index in [4.69, 9.17) is 8.94 Å². The fourth-order valence-electron chi connectivity index (χ4n) is 1.39. The van der Waals surface area contributed by atoms with Gasteiger partial charge in [-0.25, -0.2) is 0 Å². The summed E-state index contributed by atoms with van der Waals surface area (Å²) in [6, 6.07) is 1.83. The Bertz CT molecular complexity index is 494. The first-order valence-corrected chi connectivity index (χ1v) is 5.58. The van der Waals surface area contributed by atoms with Crippen molar-refractivity contribution in [3.63, 3.8) is 0 Å². The quantitative estimate of drug-likeness (QED) is 0.885. The maximum atomic E-state index is 5.21. The number of rotatable bonds is 3. The number of aromatic nitrogens is 2. The van der Waals surface area contributed by atoms with Crippen LogP contribution in [0.4, 0.5) is 0 Å². The van der Waals surface area contributed by atoms with Crippen LogP contribution in [0.15, 0.2) is 21.3 Å². The van der Waals surface area contributed by atoms with Crippen molar-refractivity contribution in [2.24, 2.45) is 0 Å². The summed E-state index contributed by atoms with van der Waals surface area (Å²) in [7, 11) is 0. The maximum Gasteiger partial charge on any atom is 0.240 e. The van der Waals surface area contributed by atoms with Gasteiger partial charge in [-0.1, -0.05) is 5.16 Å². The molecule has 2 rings (SSSR count). The number of hydrogen-bond acceptors (Lipinski definition) is 5. The van der Waals surface area contributed by atoms with Crippen LogP contribution in [0.1, 0.15) is 32.4 Å². The molecule has 2 heterocycles. The van der Waals surface area contributed by atoms with Gasteiger partial charge >= 0.3 is 0 Å².